The summed E-state index contributed by atoms with van der Waals surface area (Å²) in [5, 5.41) is 15.7. The van der Waals surface area contributed by atoms with Crippen molar-refractivity contribution < 1.29 is 14.0 Å². The number of pyridine rings is 1. The lowest BCUT2D eigenvalue weighted by atomic mass is 9.93. The van der Waals surface area contributed by atoms with Crippen molar-refractivity contribution in [2.45, 2.75) is 26.2 Å². The number of hydrogen-bond acceptors (Lipinski definition) is 7. The quantitative estimate of drug-likeness (QED) is 0.193. The van der Waals surface area contributed by atoms with Crippen LogP contribution in [0.4, 0.5) is 17.1 Å². The predicted molar refractivity (Wildman–Crippen MR) is 147 cm³/mol. The number of nitrogens with one attached hydrogen (secondary N) is 2. The standard InChI is InChI=1S/C28H23BrN6O3/c1-17-25-23(34-35-27(36)18-14-19(29)16-30-15-18)8-5-9-24(25)38-26(17)28(37)31-20-10-12-22(13-11-20)33-32-21-6-3-2-4-7-21/h2-4,6-7,10-16H,5,8-9H2,1H3,(H,31,37)(H,35,36). The maximum absolute atomic E-state index is 13.1. The Kier molecular flexibility index (Phi) is 7.50. The van der Waals surface area contributed by atoms with Gasteiger partial charge < -0.3 is 9.73 Å². The first-order valence-corrected chi connectivity index (χ1v) is 12.8. The van der Waals surface area contributed by atoms with E-state index in [4.69, 9.17) is 4.42 Å². The monoisotopic (exact) mass is 570 g/mol. The van der Waals surface area contributed by atoms with Gasteiger partial charge in [0.1, 0.15) is 5.76 Å². The molecule has 0 bridgehead atoms. The molecule has 10 heteroatoms. The van der Waals surface area contributed by atoms with Gasteiger partial charge in [-0.2, -0.15) is 15.3 Å². The summed E-state index contributed by atoms with van der Waals surface area (Å²) in [4.78, 5) is 29.6. The number of amides is 2. The van der Waals surface area contributed by atoms with E-state index in [0.717, 1.165) is 17.7 Å². The largest absolute Gasteiger partial charge is 0.455 e. The molecule has 0 saturated carbocycles. The van der Waals surface area contributed by atoms with E-state index >= 15 is 0 Å². The minimum atomic E-state index is -0.371. The number of carbonyl (C=O) groups excluding carboxylic acids is 2. The predicted octanol–water partition coefficient (Wildman–Crippen LogP) is 6.88. The smallest absolute Gasteiger partial charge is 0.291 e. The maximum atomic E-state index is 13.1. The Morgan fingerprint density at radius 3 is 2.42 bits per heavy atom. The third-order valence-electron chi connectivity index (χ3n) is 5.95. The average Bonchev–Trinajstić information content (AvgIpc) is 3.29. The van der Waals surface area contributed by atoms with Crippen LogP contribution in [0.2, 0.25) is 0 Å². The number of aryl methyl sites for hydroxylation is 1. The SMILES string of the molecule is Cc1c(C(=O)Nc2ccc(N=Nc3ccccc3)cc2)oc2c1C(=NNC(=O)c1cncc(Br)c1)CCC2. The molecule has 5 rings (SSSR count). The highest BCUT2D eigenvalue weighted by molar-refractivity contribution is 9.10. The van der Waals surface area contributed by atoms with Crippen molar-refractivity contribution in [3.8, 4) is 0 Å². The second kappa shape index (κ2) is 11.3. The topological polar surface area (TPSA) is 121 Å². The lowest BCUT2D eigenvalue weighted by Gasteiger charge is -2.13. The number of furan rings is 1. The lowest BCUT2D eigenvalue weighted by Crippen LogP contribution is -2.22. The molecule has 0 fully saturated rings. The lowest BCUT2D eigenvalue weighted by molar-refractivity contribution is 0.0953. The molecule has 0 radical (unpaired) electrons. The molecule has 2 amide bonds. The fourth-order valence-corrected chi connectivity index (χ4v) is 4.49. The molecule has 2 aromatic carbocycles. The second-order valence-electron chi connectivity index (χ2n) is 8.64. The van der Waals surface area contributed by atoms with Crippen LogP contribution in [0, 0.1) is 6.92 Å². The first-order chi connectivity index (χ1) is 18.5. The molecule has 9 nitrogen and oxygen atoms in total. The summed E-state index contributed by atoms with van der Waals surface area (Å²) in [5.74, 6) is 0.177. The van der Waals surface area contributed by atoms with Crippen LogP contribution < -0.4 is 10.7 Å². The molecular weight excluding hydrogens is 548 g/mol. The van der Waals surface area contributed by atoms with Crippen molar-refractivity contribution in [2.75, 3.05) is 5.32 Å². The van der Waals surface area contributed by atoms with Gasteiger partial charge in [0.25, 0.3) is 11.8 Å². The number of benzene rings is 2. The fourth-order valence-electron chi connectivity index (χ4n) is 4.12. The molecule has 38 heavy (non-hydrogen) atoms. The van der Waals surface area contributed by atoms with E-state index < -0.39 is 0 Å². The van der Waals surface area contributed by atoms with Crippen LogP contribution in [0.15, 0.2) is 97.3 Å². The van der Waals surface area contributed by atoms with Crippen LogP contribution in [0.25, 0.3) is 0 Å². The van der Waals surface area contributed by atoms with E-state index in [-0.39, 0.29) is 17.6 Å². The summed E-state index contributed by atoms with van der Waals surface area (Å²) in [6.07, 6.45) is 5.21. The second-order valence-corrected chi connectivity index (χ2v) is 9.55. The summed E-state index contributed by atoms with van der Waals surface area (Å²) in [7, 11) is 0. The third kappa shape index (κ3) is 5.76. The van der Waals surface area contributed by atoms with Crippen LogP contribution in [-0.4, -0.2) is 22.5 Å². The van der Waals surface area contributed by atoms with E-state index in [1.54, 1.807) is 36.5 Å². The number of fused-ring (bicyclic) bond motifs is 1. The number of carbonyl (C=O) groups is 2. The Hall–Kier alpha value is -4.44. The van der Waals surface area contributed by atoms with Gasteiger partial charge in [0.15, 0.2) is 5.76 Å². The fraction of sp³-hybridized carbons (Fsp3) is 0.143. The van der Waals surface area contributed by atoms with Crippen molar-refractivity contribution in [3.05, 3.63) is 106 Å². The number of hydrogen-bond donors (Lipinski definition) is 2. The number of nitrogens with zero attached hydrogens (tertiary/aromatic N) is 4. The zero-order valence-corrected chi connectivity index (χ0v) is 22.0. The number of halogens is 1. The van der Waals surface area contributed by atoms with Gasteiger partial charge in [-0.3, -0.25) is 14.6 Å². The molecule has 0 aliphatic heterocycles. The molecule has 0 atom stereocenters. The number of hydrazone groups is 1. The van der Waals surface area contributed by atoms with Gasteiger partial charge >= 0.3 is 0 Å². The molecule has 1 aliphatic carbocycles. The average molecular weight is 571 g/mol. The highest BCUT2D eigenvalue weighted by atomic mass is 79.9. The number of aromatic nitrogens is 1. The minimum Gasteiger partial charge on any atom is -0.455 e. The summed E-state index contributed by atoms with van der Waals surface area (Å²) < 4.78 is 6.66. The Morgan fingerprint density at radius 2 is 1.68 bits per heavy atom. The maximum Gasteiger partial charge on any atom is 0.291 e. The molecule has 2 aromatic heterocycles. The van der Waals surface area contributed by atoms with E-state index in [1.807, 2.05) is 37.3 Å². The Balaban J connectivity index is 1.29. The minimum absolute atomic E-state index is 0.222. The van der Waals surface area contributed by atoms with E-state index in [1.165, 1.54) is 6.20 Å². The van der Waals surface area contributed by atoms with Gasteiger partial charge in [-0.1, -0.05) is 18.2 Å². The normalized spacial score (nSPS) is 13.9. The molecule has 0 saturated heterocycles. The van der Waals surface area contributed by atoms with Gasteiger partial charge in [0, 0.05) is 40.1 Å². The van der Waals surface area contributed by atoms with Crippen LogP contribution in [0.1, 0.15) is 50.6 Å². The van der Waals surface area contributed by atoms with Crippen LogP contribution in [0.3, 0.4) is 0 Å². The molecule has 2 heterocycles. The van der Waals surface area contributed by atoms with E-state index in [9.17, 15) is 9.59 Å². The summed E-state index contributed by atoms with van der Waals surface area (Å²) >= 11 is 3.31. The van der Waals surface area contributed by atoms with Crippen molar-refractivity contribution in [2.24, 2.45) is 15.3 Å². The Morgan fingerprint density at radius 1 is 0.947 bits per heavy atom. The zero-order valence-electron chi connectivity index (χ0n) is 20.4. The Bertz CT molecular complexity index is 1540. The molecule has 0 unspecified atom stereocenters. The van der Waals surface area contributed by atoms with Crippen LogP contribution in [-0.2, 0) is 6.42 Å². The van der Waals surface area contributed by atoms with Gasteiger partial charge in [-0.05, 0) is 78.2 Å². The first-order valence-electron chi connectivity index (χ1n) is 12.0. The van der Waals surface area contributed by atoms with E-state index in [0.29, 0.717) is 51.3 Å². The third-order valence-corrected chi connectivity index (χ3v) is 6.39. The zero-order chi connectivity index (χ0) is 26.5. The number of rotatable bonds is 6. The first kappa shape index (κ1) is 25.2. The van der Waals surface area contributed by atoms with Crippen molar-refractivity contribution in [3.63, 3.8) is 0 Å². The summed E-state index contributed by atoms with van der Waals surface area (Å²) in [5.41, 5.74) is 7.14. The number of anilines is 1. The Labute approximate surface area is 227 Å². The number of azo groups is 1. The summed E-state index contributed by atoms with van der Waals surface area (Å²) in [6, 6.07) is 18.2. The molecule has 0 spiro atoms. The highest BCUT2D eigenvalue weighted by Crippen LogP contribution is 2.30. The molecule has 2 N–H and O–H groups in total. The van der Waals surface area contributed by atoms with Gasteiger partial charge in [-0.25, -0.2) is 5.43 Å². The van der Waals surface area contributed by atoms with Crippen LogP contribution >= 0.6 is 15.9 Å². The summed E-state index contributed by atoms with van der Waals surface area (Å²) in [6.45, 7) is 1.82. The molecule has 4 aromatic rings. The van der Waals surface area contributed by atoms with Crippen molar-refractivity contribution in [1.82, 2.24) is 10.4 Å². The molecular formula is C28H23BrN6O3. The van der Waals surface area contributed by atoms with Gasteiger partial charge in [-0.15, -0.1) is 0 Å². The molecule has 190 valence electrons. The van der Waals surface area contributed by atoms with Gasteiger partial charge in [0.2, 0.25) is 0 Å². The van der Waals surface area contributed by atoms with Crippen LogP contribution in [0.5, 0.6) is 0 Å². The van der Waals surface area contributed by atoms with Crippen molar-refractivity contribution >= 4 is 50.5 Å². The van der Waals surface area contributed by atoms with Gasteiger partial charge in [0.05, 0.1) is 22.6 Å². The van der Waals surface area contributed by atoms with E-state index in [2.05, 4.69) is 47.0 Å². The molecule has 1 aliphatic rings. The van der Waals surface area contributed by atoms with Crippen molar-refractivity contribution in [1.29, 1.82) is 0 Å². The highest BCUT2D eigenvalue weighted by Gasteiger charge is 2.28.